The Labute approximate surface area is 109 Å². The lowest BCUT2D eigenvalue weighted by molar-refractivity contribution is -0.116. The van der Waals surface area contributed by atoms with Gasteiger partial charge in [-0.05, 0) is 24.5 Å². The Morgan fingerprint density at radius 3 is 2.68 bits per heavy atom. The molecule has 1 aliphatic heterocycles. The van der Waals surface area contributed by atoms with Crippen LogP contribution in [0.4, 0.5) is 14.5 Å². The van der Waals surface area contributed by atoms with Gasteiger partial charge in [0.15, 0.2) is 9.84 Å². The Hall–Kier alpha value is -1.50. The van der Waals surface area contributed by atoms with Gasteiger partial charge in [0.2, 0.25) is 5.91 Å². The minimum atomic E-state index is -3.03. The molecule has 0 spiro atoms. The highest BCUT2D eigenvalue weighted by molar-refractivity contribution is 7.91. The minimum absolute atomic E-state index is 0.00762. The lowest BCUT2D eigenvalue weighted by atomic mass is 10.1. The highest BCUT2D eigenvalue weighted by Crippen LogP contribution is 2.22. The fourth-order valence-electron chi connectivity index (χ4n) is 2.09. The summed E-state index contributed by atoms with van der Waals surface area (Å²) < 4.78 is 48.5. The molecule has 1 amide bonds. The van der Waals surface area contributed by atoms with Gasteiger partial charge in [0.1, 0.15) is 11.6 Å². The predicted octanol–water partition coefficient (Wildman–Crippen LogP) is 1.73. The number of hydrogen-bond acceptors (Lipinski definition) is 3. The number of rotatable bonds is 3. The number of carbonyl (C=O) groups is 1. The van der Waals surface area contributed by atoms with Gasteiger partial charge in [-0.25, -0.2) is 17.2 Å². The lowest BCUT2D eigenvalue weighted by Crippen LogP contribution is -2.18. The summed E-state index contributed by atoms with van der Waals surface area (Å²) in [5, 5.41) is 2.32. The monoisotopic (exact) mass is 289 g/mol. The van der Waals surface area contributed by atoms with E-state index in [9.17, 15) is 22.0 Å². The zero-order valence-corrected chi connectivity index (χ0v) is 10.8. The molecule has 19 heavy (non-hydrogen) atoms. The molecule has 7 heteroatoms. The number of amides is 1. The van der Waals surface area contributed by atoms with Crippen molar-refractivity contribution in [3.8, 4) is 0 Å². The number of anilines is 1. The Balaban J connectivity index is 1.95. The van der Waals surface area contributed by atoms with Crippen LogP contribution in [0.1, 0.15) is 12.8 Å². The van der Waals surface area contributed by atoms with Gasteiger partial charge in [0.25, 0.3) is 0 Å². The number of nitrogens with one attached hydrogen (secondary N) is 1. The second kappa shape index (κ2) is 5.24. The molecule has 1 fully saturated rings. The SMILES string of the molecule is O=C(C[C@@H]1CCS(=O)(=O)C1)Nc1ccc(F)cc1F. The van der Waals surface area contributed by atoms with E-state index in [2.05, 4.69) is 5.32 Å². The fourth-order valence-corrected chi connectivity index (χ4v) is 3.95. The van der Waals surface area contributed by atoms with E-state index >= 15 is 0 Å². The minimum Gasteiger partial charge on any atom is -0.324 e. The van der Waals surface area contributed by atoms with Crippen molar-refractivity contribution in [3.05, 3.63) is 29.8 Å². The van der Waals surface area contributed by atoms with Crippen molar-refractivity contribution in [2.75, 3.05) is 16.8 Å². The zero-order valence-electron chi connectivity index (χ0n) is 10.0. The average molecular weight is 289 g/mol. The largest absolute Gasteiger partial charge is 0.324 e. The van der Waals surface area contributed by atoms with Crippen molar-refractivity contribution in [1.29, 1.82) is 0 Å². The van der Waals surface area contributed by atoms with E-state index in [0.717, 1.165) is 12.1 Å². The molecule has 104 valence electrons. The summed E-state index contributed by atoms with van der Waals surface area (Å²) in [7, 11) is -3.03. The topological polar surface area (TPSA) is 63.2 Å². The van der Waals surface area contributed by atoms with E-state index in [0.29, 0.717) is 12.5 Å². The molecule has 1 saturated heterocycles. The van der Waals surface area contributed by atoms with Crippen LogP contribution in [0.5, 0.6) is 0 Å². The van der Waals surface area contributed by atoms with E-state index in [1.165, 1.54) is 0 Å². The second-order valence-electron chi connectivity index (χ2n) is 4.65. The summed E-state index contributed by atoms with van der Waals surface area (Å²) in [4.78, 5) is 11.7. The molecule has 0 radical (unpaired) electrons. The first kappa shape index (κ1) is 13.9. The van der Waals surface area contributed by atoms with Crippen LogP contribution < -0.4 is 5.32 Å². The molecule has 1 aliphatic rings. The average Bonchev–Trinajstić information content (AvgIpc) is 2.62. The number of sulfone groups is 1. The molecule has 1 atom stereocenters. The molecule has 1 aromatic rings. The summed E-state index contributed by atoms with van der Waals surface area (Å²) >= 11 is 0. The number of benzene rings is 1. The molecule has 0 aromatic heterocycles. The summed E-state index contributed by atoms with van der Waals surface area (Å²) in [6, 6.07) is 2.85. The highest BCUT2D eigenvalue weighted by Gasteiger charge is 2.29. The van der Waals surface area contributed by atoms with Crippen LogP contribution in [0.3, 0.4) is 0 Å². The van der Waals surface area contributed by atoms with Gasteiger partial charge >= 0.3 is 0 Å². The van der Waals surface area contributed by atoms with Gasteiger partial charge in [0.05, 0.1) is 17.2 Å². The Morgan fingerprint density at radius 2 is 2.11 bits per heavy atom. The van der Waals surface area contributed by atoms with Crippen molar-refractivity contribution in [2.24, 2.45) is 5.92 Å². The molecule has 0 bridgehead atoms. The summed E-state index contributed by atoms with van der Waals surface area (Å²) in [5.41, 5.74) is -0.104. The first-order valence-corrected chi connectivity index (χ1v) is 7.63. The molecule has 0 unspecified atom stereocenters. The maximum absolute atomic E-state index is 13.3. The molecular formula is C12H13F2NO3S. The van der Waals surface area contributed by atoms with Gasteiger partial charge < -0.3 is 5.32 Å². The van der Waals surface area contributed by atoms with Crippen LogP contribution >= 0.6 is 0 Å². The molecule has 1 aromatic carbocycles. The second-order valence-corrected chi connectivity index (χ2v) is 6.87. The Morgan fingerprint density at radius 1 is 1.37 bits per heavy atom. The van der Waals surface area contributed by atoms with Gasteiger partial charge in [-0.3, -0.25) is 4.79 Å². The van der Waals surface area contributed by atoms with E-state index in [-0.39, 0.29) is 29.5 Å². The van der Waals surface area contributed by atoms with E-state index < -0.39 is 27.4 Å². The van der Waals surface area contributed by atoms with Crippen molar-refractivity contribution in [1.82, 2.24) is 0 Å². The fraction of sp³-hybridized carbons (Fsp3) is 0.417. The number of carbonyl (C=O) groups excluding carboxylic acids is 1. The third kappa shape index (κ3) is 3.73. The highest BCUT2D eigenvalue weighted by atomic mass is 32.2. The van der Waals surface area contributed by atoms with Crippen LogP contribution in [0.25, 0.3) is 0 Å². The summed E-state index contributed by atoms with van der Waals surface area (Å²) in [5.74, 6) is -2.19. The maximum Gasteiger partial charge on any atom is 0.224 e. The van der Waals surface area contributed by atoms with Gasteiger partial charge in [0, 0.05) is 12.5 Å². The van der Waals surface area contributed by atoms with Crippen LogP contribution in [0.2, 0.25) is 0 Å². The van der Waals surface area contributed by atoms with E-state index in [1.807, 2.05) is 0 Å². The molecule has 1 heterocycles. The van der Waals surface area contributed by atoms with Gasteiger partial charge in [-0.1, -0.05) is 0 Å². The standard InChI is InChI=1S/C12H13F2NO3S/c13-9-1-2-11(10(14)6-9)15-12(16)5-8-3-4-19(17,18)7-8/h1-2,6,8H,3-5,7H2,(H,15,16)/t8-/m0/s1. The van der Waals surface area contributed by atoms with E-state index in [1.54, 1.807) is 0 Å². The third-order valence-electron chi connectivity index (χ3n) is 3.01. The first-order valence-electron chi connectivity index (χ1n) is 5.81. The first-order chi connectivity index (χ1) is 8.85. The Bertz CT molecular complexity index is 601. The van der Waals surface area contributed by atoms with Gasteiger partial charge in [-0.2, -0.15) is 0 Å². The predicted molar refractivity (Wildman–Crippen MR) is 66.4 cm³/mol. The summed E-state index contributed by atoms with van der Waals surface area (Å²) in [6.07, 6.45) is 0.470. The lowest BCUT2D eigenvalue weighted by Gasteiger charge is -2.09. The maximum atomic E-state index is 13.3. The molecule has 0 aliphatic carbocycles. The normalized spacial score (nSPS) is 21.3. The van der Waals surface area contributed by atoms with Crippen molar-refractivity contribution in [2.45, 2.75) is 12.8 Å². The van der Waals surface area contributed by atoms with Crippen molar-refractivity contribution >= 4 is 21.4 Å². The van der Waals surface area contributed by atoms with Crippen molar-refractivity contribution < 1.29 is 22.0 Å². The number of hydrogen-bond donors (Lipinski definition) is 1. The van der Waals surface area contributed by atoms with Crippen molar-refractivity contribution in [3.63, 3.8) is 0 Å². The summed E-state index contributed by atoms with van der Waals surface area (Å²) in [6.45, 7) is 0. The van der Waals surface area contributed by atoms with E-state index in [4.69, 9.17) is 0 Å². The molecule has 2 rings (SSSR count). The molecule has 4 nitrogen and oxygen atoms in total. The third-order valence-corrected chi connectivity index (χ3v) is 4.84. The van der Waals surface area contributed by atoms with Crippen LogP contribution in [0.15, 0.2) is 18.2 Å². The zero-order chi connectivity index (χ0) is 14.0. The molecule has 1 N–H and O–H groups in total. The Kier molecular flexibility index (Phi) is 3.84. The smallest absolute Gasteiger partial charge is 0.224 e. The van der Waals surface area contributed by atoms with Crippen LogP contribution in [-0.4, -0.2) is 25.8 Å². The van der Waals surface area contributed by atoms with Gasteiger partial charge in [-0.15, -0.1) is 0 Å². The van der Waals surface area contributed by atoms with Crippen LogP contribution in [0, 0.1) is 17.6 Å². The van der Waals surface area contributed by atoms with Crippen LogP contribution in [-0.2, 0) is 14.6 Å². The molecular weight excluding hydrogens is 276 g/mol. The quantitative estimate of drug-likeness (QED) is 0.921. The number of halogens is 2. The molecule has 0 saturated carbocycles.